The molecule has 1 saturated carbocycles. The van der Waals surface area contributed by atoms with Crippen LogP contribution >= 0.6 is 0 Å². The van der Waals surface area contributed by atoms with Crippen molar-refractivity contribution in [3.8, 4) is 0 Å². The number of hydrogen-bond acceptors (Lipinski definition) is 6. The number of ether oxygens (including phenoxy) is 1. The van der Waals surface area contributed by atoms with Crippen LogP contribution < -0.4 is 16.6 Å². The number of nitrogens with one attached hydrogen (secondary N) is 2. The summed E-state index contributed by atoms with van der Waals surface area (Å²) in [4.78, 5) is 9.08. The van der Waals surface area contributed by atoms with Crippen molar-refractivity contribution in [2.75, 3.05) is 31.0 Å². The van der Waals surface area contributed by atoms with Crippen LogP contribution in [0.3, 0.4) is 0 Å². The van der Waals surface area contributed by atoms with E-state index < -0.39 is 0 Å². The molecule has 1 aliphatic carbocycles. The monoisotopic (exact) mass is 293 g/mol. The highest BCUT2D eigenvalue weighted by atomic mass is 16.5. The Labute approximate surface area is 126 Å². The van der Waals surface area contributed by atoms with Crippen molar-refractivity contribution in [2.24, 2.45) is 11.3 Å². The highest BCUT2D eigenvalue weighted by molar-refractivity contribution is 5.56. The van der Waals surface area contributed by atoms with Crippen LogP contribution in [0.5, 0.6) is 0 Å². The zero-order valence-corrected chi connectivity index (χ0v) is 13.3. The van der Waals surface area contributed by atoms with Crippen LogP contribution in [-0.4, -0.2) is 30.2 Å². The minimum atomic E-state index is 0.384. The third-order valence-corrected chi connectivity index (χ3v) is 4.23. The third-order valence-electron chi connectivity index (χ3n) is 4.23. The number of aryl methyl sites for hydroxylation is 1. The fraction of sp³-hybridized carbons (Fsp3) is 0.733. The summed E-state index contributed by atoms with van der Waals surface area (Å²) in [7, 11) is 1.76. The van der Waals surface area contributed by atoms with Gasteiger partial charge >= 0.3 is 0 Å². The van der Waals surface area contributed by atoms with Gasteiger partial charge in [-0.1, -0.05) is 6.92 Å². The lowest BCUT2D eigenvalue weighted by Crippen LogP contribution is -2.20. The summed E-state index contributed by atoms with van der Waals surface area (Å²) in [6.07, 6.45) is 5.50. The Morgan fingerprint density at radius 3 is 2.57 bits per heavy atom. The number of hydrazine groups is 1. The number of nitrogens with zero attached hydrogens (tertiary/aromatic N) is 2. The molecule has 6 heteroatoms. The number of anilines is 2. The van der Waals surface area contributed by atoms with Crippen LogP contribution in [-0.2, 0) is 11.2 Å². The number of rotatable bonds is 9. The van der Waals surface area contributed by atoms with Crippen molar-refractivity contribution in [2.45, 2.75) is 46.0 Å². The van der Waals surface area contributed by atoms with Gasteiger partial charge < -0.3 is 15.5 Å². The van der Waals surface area contributed by atoms with Gasteiger partial charge in [0.25, 0.3) is 0 Å². The second-order valence-electron chi connectivity index (χ2n) is 5.95. The molecule has 0 aliphatic heterocycles. The highest BCUT2D eigenvalue weighted by Gasteiger charge is 2.41. The van der Waals surface area contributed by atoms with Gasteiger partial charge in [0.05, 0.1) is 0 Å². The van der Waals surface area contributed by atoms with E-state index in [1.165, 1.54) is 12.8 Å². The van der Waals surface area contributed by atoms with E-state index in [0.29, 0.717) is 11.2 Å². The molecule has 1 fully saturated rings. The highest BCUT2D eigenvalue weighted by Crippen LogP contribution is 2.48. The fourth-order valence-electron chi connectivity index (χ4n) is 2.49. The zero-order valence-electron chi connectivity index (χ0n) is 13.3. The molecule has 0 spiro atoms. The first-order valence-corrected chi connectivity index (χ1v) is 7.71. The molecule has 0 amide bonds. The molecule has 0 unspecified atom stereocenters. The van der Waals surface area contributed by atoms with E-state index in [-0.39, 0.29) is 0 Å². The Balaban J connectivity index is 2.06. The first-order valence-electron chi connectivity index (χ1n) is 7.71. The van der Waals surface area contributed by atoms with Gasteiger partial charge in [-0.05, 0) is 38.0 Å². The second-order valence-corrected chi connectivity index (χ2v) is 5.95. The first kappa shape index (κ1) is 16.0. The summed E-state index contributed by atoms with van der Waals surface area (Å²) in [5.41, 5.74) is 4.03. The standard InChI is InChI=1S/C15H27N5O/c1-4-5-12-18-13(11(2)14(19-12)20-16)17-10-15(6-7-15)8-9-21-3/h4-10,16H2,1-3H3,(H2,17,18,19,20). The van der Waals surface area contributed by atoms with Crippen molar-refractivity contribution >= 4 is 11.6 Å². The van der Waals surface area contributed by atoms with E-state index in [2.05, 4.69) is 27.6 Å². The van der Waals surface area contributed by atoms with Gasteiger partial charge in [0, 0.05) is 32.2 Å². The average Bonchev–Trinajstić information content (AvgIpc) is 3.26. The Kier molecular flexibility index (Phi) is 5.36. The fourth-order valence-corrected chi connectivity index (χ4v) is 2.49. The summed E-state index contributed by atoms with van der Waals surface area (Å²) >= 11 is 0. The number of nitrogens with two attached hydrogens (primary N) is 1. The summed E-state index contributed by atoms with van der Waals surface area (Å²) in [6, 6.07) is 0. The molecule has 0 saturated heterocycles. The summed E-state index contributed by atoms with van der Waals surface area (Å²) < 4.78 is 5.20. The largest absolute Gasteiger partial charge is 0.385 e. The van der Waals surface area contributed by atoms with Gasteiger partial charge in [0.1, 0.15) is 17.5 Å². The lowest BCUT2D eigenvalue weighted by Gasteiger charge is -2.18. The van der Waals surface area contributed by atoms with Crippen molar-refractivity contribution in [3.05, 3.63) is 11.4 Å². The van der Waals surface area contributed by atoms with Gasteiger partial charge in [-0.25, -0.2) is 15.8 Å². The maximum Gasteiger partial charge on any atom is 0.148 e. The smallest absolute Gasteiger partial charge is 0.148 e. The van der Waals surface area contributed by atoms with E-state index in [0.717, 1.165) is 49.6 Å². The second kappa shape index (κ2) is 7.04. The molecule has 0 atom stereocenters. The molecule has 1 aliphatic rings. The number of aromatic nitrogens is 2. The number of nitrogen functional groups attached to an aromatic ring is 1. The van der Waals surface area contributed by atoms with Gasteiger partial charge in [-0.2, -0.15) is 0 Å². The van der Waals surface area contributed by atoms with Crippen molar-refractivity contribution < 1.29 is 4.74 Å². The number of methoxy groups -OCH3 is 1. The Morgan fingerprint density at radius 2 is 2.00 bits per heavy atom. The molecule has 21 heavy (non-hydrogen) atoms. The zero-order chi connectivity index (χ0) is 15.3. The Bertz CT molecular complexity index is 473. The van der Waals surface area contributed by atoms with Crippen LogP contribution in [0.15, 0.2) is 0 Å². The maximum absolute atomic E-state index is 5.56. The van der Waals surface area contributed by atoms with Crippen LogP contribution in [0.4, 0.5) is 11.6 Å². The van der Waals surface area contributed by atoms with Crippen LogP contribution in [0.2, 0.25) is 0 Å². The molecule has 4 N–H and O–H groups in total. The SMILES string of the molecule is CCCc1nc(NN)c(C)c(NCC2(CCOC)CC2)n1. The molecule has 0 bridgehead atoms. The minimum Gasteiger partial charge on any atom is -0.385 e. The maximum atomic E-state index is 5.56. The van der Waals surface area contributed by atoms with Crippen molar-refractivity contribution in [1.82, 2.24) is 9.97 Å². The lowest BCUT2D eigenvalue weighted by atomic mass is 10.0. The van der Waals surface area contributed by atoms with Crippen molar-refractivity contribution in [3.63, 3.8) is 0 Å². The molecule has 6 nitrogen and oxygen atoms in total. The van der Waals surface area contributed by atoms with E-state index >= 15 is 0 Å². The predicted molar refractivity (Wildman–Crippen MR) is 85.2 cm³/mol. The molecule has 2 rings (SSSR count). The van der Waals surface area contributed by atoms with Crippen LogP contribution in [0.1, 0.15) is 44.0 Å². The van der Waals surface area contributed by atoms with E-state index in [1.54, 1.807) is 7.11 Å². The molecule has 0 aromatic carbocycles. The summed E-state index contributed by atoms with van der Waals surface area (Å²) in [5.74, 6) is 7.99. The Morgan fingerprint density at radius 1 is 1.29 bits per heavy atom. The van der Waals surface area contributed by atoms with E-state index in [4.69, 9.17) is 10.6 Å². The molecule has 1 heterocycles. The summed E-state index contributed by atoms with van der Waals surface area (Å²) in [5, 5.41) is 3.50. The molecular weight excluding hydrogens is 266 g/mol. The van der Waals surface area contributed by atoms with Gasteiger partial charge in [0.2, 0.25) is 0 Å². The molecular formula is C15H27N5O. The van der Waals surface area contributed by atoms with Crippen LogP contribution in [0.25, 0.3) is 0 Å². The molecule has 0 radical (unpaired) electrons. The van der Waals surface area contributed by atoms with E-state index in [1.807, 2.05) is 6.92 Å². The van der Waals surface area contributed by atoms with Gasteiger partial charge in [-0.15, -0.1) is 0 Å². The van der Waals surface area contributed by atoms with Gasteiger partial charge in [-0.3, -0.25) is 0 Å². The molecule has 1 aromatic heterocycles. The topological polar surface area (TPSA) is 85.1 Å². The summed E-state index contributed by atoms with van der Waals surface area (Å²) in [6.45, 7) is 5.86. The predicted octanol–water partition coefficient (Wildman–Crippen LogP) is 2.25. The van der Waals surface area contributed by atoms with Crippen molar-refractivity contribution in [1.29, 1.82) is 0 Å². The van der Waals surface area contributed by atoms with Gasteiger partial charge in [0.15, 0.2) is 0 Å². The van der Waals surface area contributed by atoms with Crippen LogP contribution in [0, 0.1) is 12.3 Å². The average molecular weight is 293 g/mol. The minimum absolute atomic E-state index is 0.384. The Hall–Kier alpha value is -1.40. The van der Waals surface area contributed by atoms with E-state index in [9.17, 15) is 0 Å². The third kappa shape index (κ3) is 4.04. The molecule has 118 valence electrons. The quantitative estimate of drug-likeness (QED) is 0.478. The normalized spacial score (nSPS) is 15.8. The first-order chi connectivity index (χ1) is 10.1. The number of hydrogen-bond donors (Lipinski definition) is 3. The molecule has 1 aromatic rings. The lowest BCUT2D eigenvalue weighted by molar-refractivity contribution is 0.175.